The standard InChI is InChI=1S/C28H28O4/c1-17(29)25(31)21-3-7-23(8-4-21)27-12-19-11-20(13-27)15-28(14-19,16-27)24-9-5-22(6-10-24)26(32)18(2)30/h3-10,19-20H,11-16H2,1-2H3. The predicted octanol–water partition coefficient (Wildman–Crippen LogP) is 5.02. The molecule has 0 aliphatic heterocycles. The van der Waals surface area contributed by atoms with Gasteiger partial charge in [0.2, 0.25) is 11.6 Å². The van der Waals surface area contributed by atoms with Gasteiger partial charge in [0.1, 0.15) is 0 Å². The summed E-state index contributed by atoms with van der Waals surface area (Å²) in [5.74, 6) is -0.379. The Hall–Kier alpha value is -2.88. The van der Waals surface area contributed by atoms with Crippen LogP contribution in [-0.4, -0.2) is 23.1 Å². The van der Waals surface area contributed by atoms with E-state index in [1.54, 1.807) is 0 Å². The second-order valence-corrected chi connectivity index (χ2v) is 10.4. The fourth-order valence-corrected chi connectivity index (χ4v) is 7.29. The van der Waals surface area contributed by atoms with Crippen molar-refractivity contribution in [3.05, 3.63) is 70.8 Å². The van der Waals surface area contributed by atoms with E-state index < -0.39 is 23.1 Å². The smallest absolute Gasteiger partial charge is 0.228 e. The number of carbonyl (C=O) groups is 4. The minimum absolute atomic E-state index is 0.0930. The summed E-state index contributed by atoms with van der Waals surface area (Å²) in [6, 6.07) is 15.5. The first-order valence-electron chi connectivity index (χ1n) is 11.5. The van der Waals surface area contributed by atoms with E-state index in [0.29, 0.717) is 23.0 Å². The molecule has 4 fully saturated rings. The van der Waals surface area contributed by atoms with Crippen LogP contribution in [0.25, 0.3) is 0 Å². The van der Waals surface area contributed by atoms with E-state index in [1.165, 1.54) is 57.1 Å². The van der Waals surface area contributed by atoms with E-state index in [-0.39, 0.29) is 10.8 Å². The van der Waals surface area contributed by atoms with Gasteiger partial charge in [0.25, 0.3) is 0 Å². The fraction of sp³-hybridized carbons (Fsp3) is 0.429. The summed E-state index contributed by atoms with van der Waals surface area (Å²) in [5, 5.41) is 0. The highest BCUT2D eigenvalue weighted by molar-refractivity contribution is 6.43. The van der Waals surface area contributed by atoms with Crippen LogP contribution < -0.4 is 0 Å². The number of hydrogen-bond acceptors (Lipinski definition) is 4. The summed E-state index contributed by atoms with van der Waals surface area (Å²) in [5.41, 5.74) is 3.67. The largest absolute Gasteiger partial charge is 0.291 e. The summed E-state index contributed by atoms with van der Waals surface area (Å²) in [4.78, 5) is 47.1. The first kappa shape index (κ1) is 21.0. The quantitative estimate of drug-likeness (QED) is 0.479. The van der Waals surface area contributed by atoms with Crippen LogP contribution in [0.1, 0.15) is 84.2 Å². The summed E-state index contributed by atoms with van der Waals surface area (Å²) < 4.78 is 0. The molecule has 0 unspecified atom stereocenters. The third-order valence-corrected chi connectivity index (χ3v) is 8.22. The van der Waals surface area contributed by atoms with Crippen molar-refractivity contribution in [3.63, 3.8) is 0 Å². The molecule has 0 atom stereocenters. The van der Waals surface area contributed by atoms with E-state index in [1.807, 2.05) is 24.3 Å². The van der Waals surface area contributed by atoms with Crippen molar-refractivity contribution in [2.75, 3.05) is 0 Å². The van der Waals surface area contributed by atoms with Crippen molar-refractivity contribution < 1.29 is 19.2 Å². The number of Topliss-reactive ketones (excluding diaryl/α,β-unsaturated/α-hetero) is 4. The fourth-order valence-electron chi connectivity index (χ4n) is 7.29. The van der Waals surface area contributed by atoms with Crippen molar-refractivity contribution in [3.8, 4) is 0 Å². The van der Waals surface area contributed by atoms with E-state index >= 15 is 0 Å². The average Bonchev–Trinajstić information content (AvgIpc) is 2.77. The molecule has 4 aliphatic rings. The zero-order valence-corrected chi connectivity index (χ0v) is 18.6. The number of hydrogen-bond donors (Lipinski definition) is 0. The van der Waals surface area contributed by atoms with Gasteiger partial charge in [-0.05, 0) is 72.3 Å². The van der Waals surface area contributed by atoms with Crippen LogP contribution in [0.3, 0.4) is 0 Å². The SMILES string of the molecule is CC(=O)C(=O)c1ccc(C23CC4CC(C2)CC(c2ccc(C(=O)C(C)=O)cc2)(C4)C3)cc1. The molecule has 0 amide bonds. The maximum absolute atomic E-state index is 12.1. The second-order valence-electron chi connectivity index (χ2n) is 10.4. The number of carbonyl (C=O) groups excluding carboxylic acids is 4. The topological polar surface area (TPSA) is 68.3 Å². The third kappa shape index (κ3) is 3.28. The van der Waals surface area contributed by atoms with Gasteiger partial charge in [0.05, 0.1) is 0 Å². The van der Waals surface area contributed by atoms with Crippen LogP contribution in [0.15, 0.2) is 48.5 Å². The molecule has 6 rings (SSSR count). The first-order valence-corrected chi connectivity index (χ1v) is 11.5. The lowest BCUT2D eigenvalue weighted by atomic mass is 9.41. The summed E-state index contributed by atoms with van der Waals surface area (Å²) in [7, 11) is 0. The molecule has 32 heavy (non-hydrogen) atoms. The molecule has 4 heteroatoms. The summed E-state index contributed by atoms with van der Waals surface area (Å²) >= 11 is 0. The molecule has 4 aliphatic carbocycles. The predicted molar refractivity (Wildman–Crippen MR) is 121 cm³/mol. The molecule has 0 N–H and O–H groups in total. The van der Waals surface area contributed by atoms with Gasteiger partial charge in [0, 0.05) is 25.0 Å². The van der Waals surface area contributed by atoms with E-state index in [4.69, 9.17) is 0 Å². The molecule has 0 saturated heterocycles. The minimum Gasteiger partial charge on any atom is -0.291 e. The lowest BCUT2D eigenvalue weighted by Crippen LogP contribution is -2.55. The third-order valence-electron chi connectivity index (χ3n) is 8.22. The first-order chi connectivity index (χ1) is 15.2. The lowest BCUT2D eigenvalue weighted by Gasteiger charge is -2.63. The van der Waals surface area contributed by atoms with Gasteiger partial charge in [-0.1, -0.05) is 48.5 Å². The Morgan fingerprint density at radius 2 is 0.969 bits per heavy atom. The van der Waals surface area contributed by atoms with Crippen LogP contribution in [0, 0.1) is 11.8 Å². The summed E-state index contributed by atoms with van der Waals surface area (Å²) in [6.07, 6.45) is 7.04. The molecular formula is C28H28O4. The van der Waals surface area contributed by atoms with Gasteiger partial charge in [-0.15, -0.1) is 0 Å². The number of ketones is 4. The van der Waals surface area contributed by atoms with Crippen LogP contribution in [0.5, 0.6) is 0 Å². The number of rotatable bonds is 6. The van der Waals surface area contributed by atoms with E-state index in [2.05, 4.69) is 24.3 Å². The van der Waals surface area contributed by atoms with Gasteiger partial charge >= 0.3 is 0 Å². The molecule has 0 spiro atoms. The Bertz CT molecular complexity index is 1020. The van der Waals surface area contributed by atoms with Gasteiger partial charge in [-0.25, -0.2) is 0 Å². The molecule has 164 valence electrons. The van der Waals surface area contributed by atoms with Crippen molar-refractivity contribution in [1.29, 1.82) is 0 Å². The molecule has 2 aromatic rings. The van der Waals surface area contributed by atoms with Crippen LogP contribution in [0.4, 0.5) is 0 Å². The normalized spacial score (nSPS) is 30.2. The average molecular weight is 429 g/mol. The highest BCUT2D eigenvalue weighted by atomic mass is 16.2. The Kier molecular flexibility index (Phi) is 4.81. The lowest BCUT2D eigenvalue weighted by molar-refractivity contribution is -0.113. The monoisotopic (exact) mass is 428 g/mol. The molecule has 2 aromatic carbocycles. The molecule has 4 nitrogen and oxygen atoms in total. The van der Waals surface area contributed by atoms with Crippen molar-refractivity contribution in [2.45, 2.75) is 63.2 Å². The van der Waals surface area contributed by atoms with Gasteiger partial charge in [0.15, 0.2) is 11.6 Å². The van der Waals surface area contributed by atoms with Crippen molar-refractivity contribution in [1.82, 2.24) is 0 Å². The van der Waals surface area contributed by atoms with Crippen molar-refractivity contribution >= 4 is 23.1 Å². The Labute approximate surface area is 188 Å². The molecular weight excluding hydrogens is 400 g/mol. The van der Waals surface area contributed by atoms with Crippen LogP contribution in [-0.2, 0) is 20.4 Å². The number of benzene rings is 2. The van der Waals surface area contributed by atoms with Gasteiger partial charge in [-0.2, -0.15) is 0 Å². The van der Waals surface area contributed by atoms with Crippen molar-refractivity contribution in [2.24, 2.45) is 11.8 Å². The molecule has 0 aromatic heterocycles. The summed E-state index contributed by atoms with van der Waals surface area (Å²) in [6.45, 7) is 2.63. The minimum atomic E-state index is -0.432. The zero-order chi connectivity index (χ0) is 22.7. The van der Waals surface area contributed by atoms with E-state index in [0.717, 1.165) is 6.42 Å². The van der Waals surface area contributed by atoms with Gasteiger partial charge in [-0.3, -0.25) is 19.2 Å². The Balaban J connectivity index is 1.48. The highest BCUT2D eigenvalue weighted by Gasteiger charge is 2.58. The Morgan fingerprint density at radius 1 is 0.625 bits per heavy atom. The second kappa shape index (κ2) is 7.33. The zero-order valence-electron chi connectivity index (χ0n) is 18.6. The van der Waals surface area contributed by atoms with E-state index in [9.17, 15) is 19.2 Å². The highest BCUT2D eigenvalue weighted by Crippen LogP contribution is 2.66. The maximum Gasteiger partial charge on any atom is 0.228 e. The molecule has 0 heterocycles. The molecule has 4 saturated carbocycles. The van der Waals surface area contributed by atoms with Gasteiger partial charge < -0.3 is 0 Å². The Morgan fingerprint density at radius 3 is 1.28 bits per heavy atom. The molecule has 4 bridgehead atoms. The van der Waals surface area contributed by atoms with Crippen LogP contribution >= 0.6 is 0 Å². The maximum atomic E-state index is 12.1. The molecule has 0 radical (unpaired) electrons. The van der Waals surface area contributed by atoms with Crippen LogP contribution in [0.2, 0.25) is 0 Å².